The van der Waals surface area contributed by atoms with E-state index in [2.05, 4.69) is 22.9 Å². The number of hydrogen-bond acceptors (Lipinski definition) is 4. The molecule has 0 spiro atoms. The molecule has 25 heavy (non-hydrogen) atoms. The van der Waals surface area contributed by atoms with Gasteiger partial charge in [0.15, 0.2) is 0 Å². The maximum Gasteiger partial charge on any atom is 0.251 e. The summed E-state index contributed by atoms with van der Waals surface area (Å²) in [6.45, 7) is 4.23. The zero-order valence-electron chi connectivity index (χ0n) is 15.4. The van der Waals surface area contributed by atoms with E-state index in [9.17, 15) is 9.59 Å². The van der Waals surface area contributed by atoms with Crippen LogP contribution in [0.1, 0.15) is 49.4 Å². The lowest BCUT2D eigenvalue weighted by Gasteiger charge is -2.09. The quantitative estimate of drug-likeness (QED) is 0.478. The summed E-state index contributed by atoms with van der Waals surface area (Å²) >= 11 is 0. The summed E-state index contributed by atoms with van der Waals surface area (Å²) in [6.07, 6.45) is 6.05. The van der Waals surface area contributed by atoms with Crippen molar-refractivity contribution in [2.24, 2.45) is 0 Å². The van der Waals surface area contributed by atoms with E-state index in [1.54, 1.807) is 31.4 Å². The van der Waals surface area contributed by atoms with Crippen LogP contribution in [0.4, 0.5) is 5.69 Å². The lowest BCUT2D eigenvalue weighted by molar-refractivity contribution is -0.115. The van der Waals surface area contributed by atoms with Crippen LogP contribution in [-0.4, -0.2) is 45.2 Å². The highest BCUT2D eigenvalue weighted by Crippen LogP contribution is 2.10. The molecule has 0 fully saturated rings. The highest BCUT2D eigenvalue weighted by Gasteiger charge is 2.07. The standard InChI is InChI=1S/C19H31N3O3/c1-3-4-5-6-7-11-20-15-18(23)22-17-10-8-9-16(14-17)19(24)21-12-13-25-2/h8-10,14,20H,3-7,11-13,15H2,1-2H3,(H,21,24)(H,22,23). The van der Waals surface area contributed by atoms with Crippen molar-refractivity contribution >= 4 is 17.5 Å². The average molecular weight is 349 g/mol. The molecule has 0 radical (unpaired) electrons. The maximum atomic E-state index is 12.0. The molecule has 140 valence electrons. The Labute approximate surface area is 150 Å². The summed E-state index contributed by atoms with van der Waals surface area (Å²) in [5.41, 5.74) is 1.13. The van der Waals surface area contributed by atoms with Crippen LogP contribution < -0.4 is 16.0 Å². The van der Waals surface area contributed by atoms with Gasteiger partial charge in [0.25, 0.3) is 5.91 Å². The Kier molecular flexibility index (Phi) is 11.3. The molecule has 3 N–H and O–H groups in total. The zero-order valence-corrected chi connectivity index (χ0v) is 15.4. The largest absolute Gasteiger partial charge is 0.383 e. The number of hydrogen-bond donors (Lipinski definition) is 3. The van der Waals surface area contributed by atoms with Crippen molar-refractivity contribution in [3.8, 4) is 0 Å². The Balaban J connectivity index is 2.30. The third-order valence-electron chi connectivity index (χ3n) is 3.74. The van der Waals surface area contributed by atoms with Gasteiger partial charge < -0.3 is 20.7 Å². The highest BCUT2D eigenvalue weighted by atomic mass is 16.5. The van der Waals surface area contributed by atoms with Crippen LogP contribution in [0.15, 0.2) is 24.3 Å². The molecular formula is C19H31N3O3. The molecule has 0 aromatic heterocycles. The summed E-state index contributed by atoms with van der Waals surface area (Å²) in [7, 11) is 1.58. The van der Waals surface area contributed by atoms with Crippen LogP contribution in [-0.2, 0) is 9.53 Å². The number of carbonyl (C=O) groups excluding carboxylic acids is 2. The Morgan fingerprint density at radius 3 is 2.64 bits per heavy atom. The molecule has 1 aromatic carbocycles. The Morgan fingerprint density at radius 1 is 1.08 bits per heavy atom. The Morgan fingerprint density at radius 2 is 1.88 bits per heavy atom. The fraction of sp³-hybridized carbons (Fsp3) is 0.579. The van der Waals surface area contributed by atoms with Crippen molar-refractivity contribution in [1.82, 2.24) is 10.6 Å². The van der Waals surface area contributed by atoms with Gasteiger partial charge in [0.05, 0.1) is 13.2 Å². The maximum absolute atomic E-state index is 12.0. The fourth-order valence-electron chi connectivity index (χ4n) is 2.37. The van der Waals surface area contributed by atoms with Crippen LogP contribution in [0.2, 0.25) is 0 Å². The fourth-order valence-corrected chi connectivity index (χ4v) is 2.37. The number of ether oxygens (including phenoxy) is 1. The van der Waals surface area contributed by atoms with Gasteiger partial charge >= 0.3 is 0 Å². The van der Waals surface area contributed by atoms with Gasteiger partial charge in [-0.25, -0.2) is 0 Å². The third-order valence-corrected chi connectivity index (χ3v) is 3.74. The number of methoxy groups -OCH3 is 1. The van der Waals surface area contributed by atoms with E-state index in [1.165, 1.54) is 25.7 Å². The predicted octanol–water partition coefficient (Wildman–Crippen LogP) is 2.56. The van der Waals surface area contributed by atoms with Gasteiger partial charge in [0.1, 0.15) is 0 Å². The van der Waals surface area contributed by atoms with E-state index in [-0.39, 0.29) is 18.4 Å². The van der Waals surface area contributed by atoms with E-state index in [4.69, 9.17) is 4.74 Å². The summed E-state index contributed by atoms with van der Waals surface area (Å²) < 4.78 is 4.90. The summed E-state index contributed by atoms with van der Waals surface area (Å²) in [5.74, 6) is -0.288. The molecule has 0 unspecified atom stereocenters. The Hall–Kier alpha value is -1.92. The van der Waals surface area contributed by atoms with Gasteiger partial charge in [0.2, 0.25) is 5.91 Å². The molecule has 6 nitrogen and oxygen atoms in total. The van der Waals surface area contributed by atoms with E-state index in [0.717, 1.165) is 13.0 Å². The summed E-state index contributed by atoms with van der Waals surface area (Å²) in [6, 6.07) is 6.91. The molecule has 0 aliphatic carbocycles. The van der Waals surface area contributed by atoms with Crippen molar-refractivity contribution in [1.29, 1.82) is 0 Å². The first-order chi connectivity index (χ1) is 12.2. The molecule has 0 atom stereocenters. The zero-order chi connectivity index (χ0) is 18.3. The number of nitrogens with one attached hydrogen (secondary N) is 3. The Bertz CT molecular complexity index is 520. The molecule has 0 saturated carbocycles. The van der Waals surface area contributed by atoms with Gasteiger partial charge in [-0.3, -0.25) is 9.59 Å². The monoisotopic (exact) mass is 349 g/mol. The highest BCUT2D eigenvalue weighted by molar-refractivity contribution is 5.97. The van der Waals surface area contributed by atoms with E-state index >= 15 is 0 Å². The second-order valence-corrected chi connectivity index (χ2v) is 5.97. The van der Waals surface area contributed by atoms with Gasteiger partial charge in [-0.1, -0.05) is 38.7 Å². The second kappa shape index (κ2) is 13.4. The lowest BCUT2D eigenvalue weighted by atomic mass is 10.1. The van der Waals surface area contributed by atoms with E-state index in [1.807, 2.05) is 0 Å². The molecule has 0 aliphatic rings. The van der Waals surface area contributed by atoms with Crippen molar-refractivity contribution in [3.63, 3.8) is 0 Å². The van der Waals surface area contributed by atoms with Crippen molar-refractivity contribution in [3.05, 3.63) is 29.8 Å². The molecule has 6 heteroatoms. The van der Waals surface area contributed by atoms with Crippen molar-refractivity contribution < 1.29 is 14.3 Å². The van der Waals surface area contributed by atoms with Crippen LogP contribution in [0, 0.1) is 0 Å². The molecule has 1 rings (SSSR count). The number of benzene rings is 1. The number of amides is 2. The second-order valence-electron chi connectivity index (χ2n) is 5.97. The minimum absolute atomic E-state index is 0.106. The first kappa shape index (κ1) is 21.1. The van der Waals surface area contributed by atoms with Crippen LogP contribution >= 0.6 is 0 Å². The van der Waals surface area contributed by atoms with Crippen molar-refractivity contribution in [2.75, 3.05) is 38.7 Å². The number of carbonyl (C=O) groups is 2. The molecule has 0 saturated heterocycles. The number of unbranched alkanes of at least 4 members (excludes halogenated alkanes) is 4. The molecular weight excluding hydrogens is 318 g/mol. The van der Waals surface area contributed by atoms with Crippen LogP contribution in [0.25, 0.3) is 0 Å². The first-order valence-electron chi connectivity index (χ1n) is 9.05. The molecule has 0 bridgehead atoms. The SMILES string of the molecule is CCCCCCCNCC(=O)Nc1cccc(C(=O)NCCOC)c1. The average Bonchev–Trinajstić information content (AvgIpc) is 2.61. The topological polar surface area (TPSA) is 79.5 Å². The van der Waals surface area contributed by atoms with E-state index in [0.29, 0.717) is 24.4 Å². The van der Waals surface area contributed by atoms with Gasteiger partial charge in [-0.15, -0.1) is 0 Å². The molecule has 0 aliphatic heterocycles. The van der Waals surface area contributed by atoms with Crippen LogP contribution in [0.3, 0.4) is 0 Å². The van der Waals surface area contributed by atoms with Gasteiger partial charge in [-0.05, 0) is 31.2 Å². The summed E-state index contributed by atoms with van der Waals surface area (Å²) in [5, 5.41) is 8.71. The minimum atomic E-state index is -0.182. The predicted molar refractivity (Wildman–Crippen MR) is 101 cm³/mol. The number of anilines is 1. The smallest absolute Gasteiger partial charge is 0.251 e. The van der Waals surface area contributed by atoms with E-state index < -0.39 is 0 Å². The van der Waals surface area contributed by atoms with Gasteiger partial charge in [-0.2, -0.15) is 0 Å². The first-order valence-corrected chi connectivity index (χ1v) is 9.05. The normalized spacial score (nSPS) is 10.5. The minimum Gasteiger partial charge on any atom is -0.383 e. The molecule has 0 heterocycles. The van der Waals surface area contributed by atoms with Crippen LogP contribution in [0.5, 0.6) is 0 Å². The molecule has 1 aromatic rings. The van der Waals surface area contributed by atoms with Gasteiger partial charge in [0, 0.05) is 24.9 Å². The lowest BCUT2D eigenvalue weighted by Crippen LogP contribution is -2.29. The van der Waals surface area contributed by atoms with Crippen molar-refractivity contribution in [2.45, 2.75) is 39.0 Å². The third kappa shape index (κ3) is 9.84. The molecule has 2 amide bonds. The number of rotatable bonds is 13. The summed E-state index contributed by atoms with van der Waals surface area (Å²) in [4.78, 5) is 23.9.